The Bertz CT molecular complexity index is 3800. The summed E-state index contributed by atoms with van der Waals surface area (Å²) < 4.78 is 63.0. The standard InChI is InChI=1S/C24H21ClFNO2.C23H20ClFN2O2.C18H13ClFNO2.C6H9Br.CH4/c25-24-20(14-28)22(17-9-5-2-6-10-17)23(27-24)19-12-11-18(13-21(19)26)29-15-16-7-3-1-4-8-16;24-22-21(14-28)26-23(27(22)17-9-5-2-6-10-17)19-12-11-18(13-20(19)25)29-15-16-7-3-1-4-8-16;19-15-9-17(21-18(15)10-22)14-7-6-13(8-16(14)20)23-11-12-4-2-1-3-5-12;7-6-4-2-1-3-5-6;/h1,3-5,7-9,11-14,17,22H,2,6,10,15H2;1,3-5,7-9,11-14,17H,2,6,10,15H2;1-8,10H,9,11H2;2,4,6H,1,3,5H2;1H4. The van der Waals surface area contributed by atoms with E-state index in [1.165, 1.54) is 37.5 Å². The Labute approximate surface area is 541 Å². The number of aromatic nitrogens is 2. The van der Waals surface area contributed by atoms with E-state index in [0.29, 0.717) is 93.4 Å². The van der Waals surface area contributed by atoms with Crippen molar-refractivity contribution in [1.29, 1.82) is 0 Å². The smallest absolute Gasteiger partial charge is 0.171 e. The van der Waals surface area contributed by atoms with Gasteiger partial charge in [0.15, 0.2) is 12.6 Å². The number of aliphatic imine (C=N–C) groups is 2. The van der Waals surface area contributed by atoms with E-state index in [0.717, 1.165) is 61.5 Å². The molecule has 460 valence electrons. The fourth-order valence-corrected chi connectivity index (χ4v) is 11.8. The van der Waals surface area contributed by atoms with Crippen molar-refractivity contribution in [2.75, 3.05) is 0 Å². The summed E-state index contributed by atoms with van der Waals surface area (Å²) in [7, 11) is 0. The van der Waals surface area contributed by atoms with Crippen LogP contribution in [0.1, 0.15) is 116 Å². The normalized spacial score (nSPS) is 18.1. The van der Waals surface area contributed by atoms with Gasteiger partial charge in [0.2, 0.25) is 0 Å². The minimum absolute atomic E-state index is 0. The Morgan fingerprint density at radius 2 is 1.06 bits per heavy atom. The first-order chi connectivity index (χ1) is 42.9. The third-order valence-electron chi connectivity index (χ3n) is 15.0. The number of carbonyl (C=O) groups is 3. The molecule has 3 heterocycles. The van der Waals surface area contributed by atoms with E-state index in [2.05, 4.69) is 61.3 Å². The minimum Gasteiger partial charge on any atom is -0.489 e. The van der Waals surface area contributed by atoms with E-state index in [4.69, 9.17) is 49.0 Å². The lowest BCUT2D eigenvalue weighted by molar-refractivity contribution is -0.105. The Balaban J connectivity index is 0.000000163. The first-order valence-electron chi connectivity index (χ1n) is 29.0. The summed E-state index contributed by atoms with van der Waals surface area (Å²) in [5.41, 5.74) is 5.65. The van der Waals surface area contributed by atoms with Crippen LogP contribution in [0.2, 0.25) is 5.15 Å². The van der Waals surface area contributed by atoms with Crippen molar-refractivity contribution in [2.24, 2.45) is 21.8 Å². The number of ether oxygens (including phenoxy) is 3. The molecule has 1 aromatic heterocycles. The lowest BCUT2D eigenvalue weighted by atomic mass is 9.77. The van der Waals surface area contributed by atoms with Crippen LogP contribution in [0.25, 0.3) is 11.4 Å². The van der Waals surface area contributed by atoms with Gasteiger partial charge in [-0.05, 0) is 117 Å². The predicted molar refractivity (Wildman–Crippen MR) is 353 cm³/mol. The van der Waals surface area contributed by atoms with Crippen molar-refractivity contribution in [1.82, 2.24) is 9.55 Å². The van der Waals surface area contributed by atoms with Gasteiger partial charge in [-0.3, -0.25) is 14.4 Å². The van der Waals surface area contributed by atoms with Crippen molar-refractivity contribution >= 4 is 81.0 Å². The van der Waals surface area contributed by atoms with Crippen molar-refractivity contribution < 1.29 is 41.8 Å². The number of alkyl halides is 1. The molecule has 12 rings (SSSR count). The van der Waals surface area contributed by atoms with Crippen LogP contribution < -0.4 is 14.2 Å². The largest absolute Gasteiger partial charge is 0.489 e. The second-order valence-corrected chi connectivity index (χ2v) is 23.5. The zero-order chi connectivity index (χ0) is 61.8. The van der Waals surface area contributed by atoms with Crippen LogP contribution in [-0.4, -0.2) is 44.7 Å². The van der Waals surface area contributed by atoms with Gasteiger partial charge in [0, 0.05) is 52.1 Å². The van der Waals surface area contributed by atoms with Gasteiger partial charge in [-0.2, -0.15) is 0 Å². The van der Waals surface area contributed by atoms with Gasteiger partial charge >= 0.3 is 0 Å². The SMILES string of the molecule is BrC1C=CCCC1.C.O=CC1=C(Cl)CC(c2ccc(OCc3ccccc3)cc2F)=N1.O=CC1=C(Cl)N=C(c2ccc(OCc3ccccc3)cc2F)C1C1C=CCCC1.O=Cc1nc(-c2ccc(OCc3ccccc3)cc2F)n(C2C=CCCC2)c1Cl. The highest BCUT2D eigenvalue weighted by molar-refractivity contribution is 9.09. The lowest BCUT2D eigenvalue weighted by Gasteiger charge is -2.25. The molecular formula is C72H67BrCl3F3N4O6. The Morgan fingerprint density at radius 1 is 0.562 bits per heavy atom. The summed E-state index contributed by atoms with van der Waals surface area (Å²) in [5, 5.41) is 0.719. The predicted octanol–water partition coefficient (Wildman–Crippen LogP) is 19.2. The molecule has 0 fully saturated rings. The van der Waals surface area contributed by atoms with E-state index in [1.54, 1.807) is 41.0 Å². The number of allylic oxidation sites excluding steroid dienone is 9. The lowest BCUT2D eigenvalue weighted by Crippen LogP contribution is -2.25. The third-order valence-corrected chi connectivity index (χ3v) is 16.8. The number of carbonyl (C=O) groups excluding carboxylic acids is 3. The van der Waals surface area contributed by atoms with E-state index < -0.39 is 17.5 Å². The topological polar surface area (TPSA) is 121 Å². The number of rotatable bonds is 17. The number of imidazole rings is 1. The average molecular weight is 1330 g/mol. The van der Waals surface area contributed by atoms with Gasteiger partial charge in [0.1, 0.15) is 88.3 Å². The van der Waals surface area contributed by atoms with E-state index in [-0.39, 0.29) is 59.0 Å². The monoisotopic (exact) mass is 1320 g/mol. The van der Waals surface area contributed by atoms with Gasteiger partial charge in [-0.1, -0.05) is 186 Å². The maximum Gasteiger partial charge on any atom is 0.171 e. The molecule has 2 aliphatic heterocycles. The number of benzene rings is 6. The molecule has 0 saturated carbocycles. The van der Waals surface area contributed by atoms with Crippen LogP contribution in [0, 0.1) is 29.3 Å². The van der Waals surface area contributed by atoms with E-state index in [9.17, 15) is 27.6 Å². The second-order valence-electron chi connectivity index (χ2n) is 21.2. The highest BCUT2D eigenvalue weighted by atomic mass is 79.9. The molecule has 4 unspecified atom stereocenters. The van der Waals surface area contributed by atoms with Crippen molar-refractivity contribution in [3.05, 3.63) is 260 Å². The summed E-state index contributed by atoms with van der Waals surface area (Å²) >= 11 is 22.0. The average Bonchev–Trinajstić information content (AvgIpc) is 1.86. The number of aldehydes is 3. The molecule has 0 bridgehead atoms. The fraction of sp³-hybridized carbons (Fsp3) is 0.250. The molecule has 3 aliphatic carbocycles. The summed E-state index contributed by atoms with van der Waals surface area (Å²) in [6, 6.07) is 42.9. The van der Waals surface area contributed by atoms with Crippen molar-refractivity contribution in [3.63, 3.8) is 0 Å². The first-order valence-corrected chi connectivity index (χ1v) is 31.1. The molecule has 7 aromatic rings. The molecule has 0 amide bonds. The van der Waals surface area contributed by atoms with Gasteiger partial charge < -0.3 is 18.8 Å². The summed E-state index contributed by atoms with van der Waals surface area (Å²) in [4.78, 5) is 47.2. The number of nitrogens with zero attached hydrogens (tertiary/aromatic N) is 4. The second kappa shape index (κ2) is 33.6. The molecule has 6 aromatic carbocycles. The van der Waals surface area contributed by atoms with Gasteiger partial charge in [0.25, 0.3) is 0 Å². The van der Waals surface area contributed by atoms with E-state index in [1.807, 2.05) is 97.1 Å². The molecule has 5 aliphatic rings. The highest BCUT2D eigenvalue weighted by Gasteiger charge is 2.37. The molecule has 10 nitrogen and oxygen atoms in total. The summed E-state index contributed by atoms with van der Waals surface area (Å²) in [6.07, 6.45) is 24.7. The van der Waals surface area contributed by atoms with Crippen molar-refractivity contribution in [2.45, 2.75) is 102 Å². The third kappa shape index (κ3) is 18.2. The molecule has 0 spiro atoms. The Kier molecular flexibility index (Phi) is 25.3. The summed E-state index contributed by atoms with van der Waals surface area (Å²) in [6.45, 7) is 1.07. The van der Waals surface area contributed by atoms with Crippen molar-refractivity contribution in [3.8, 4) is 28.6 Å². The van der Waals surface area contributed by atoms with Crippen LogP contribution in [0.5, 0.6) is 17.2 Å². The number of hydrogen-bond acceptors (Lipinski definition) is 9. The molecule has 0 N–H and O–H groups in total. The highest BCUT2D eigenvalue weighted by Crippen LogP contribution is 2.41. The van der Waals surface area contributed by atoms with Crippen LogP contribution in [0.3, 0.4) is 0 Å². The molecule has 89 heavy (non-hydrogen) atoms. The molecule has 4 atom stereocenters. The Hall–Kier alpha value is -7.88. The van der Waals surface area contributed by atoms with Gasteiger partial charge in [0.05, 0.1) is 28.1 Å². The van der Waals surface area contributed by atoms with Crippen LogP contribution in [0.15, 0.2) is 213 Å². The molecular weight excluding hydrogens is 1260 g/mol. The molecule has 0 saturated heterocycles. The fourth-order valence-electron chi connectivity index (χ4n) is 10.5. The van der Waals surface area contributed by atoms with E-state index >= 15 is 0 Å². The number of halogens is 7. The quantitative estimate of drug-likeness (QED) is 0.0385. The van der Waals surface area contributed by atoms with Gasteiger partial charge in [-0.25, -0.2) is 28.1 Å². The zero-order valence-electron chi connectivity index (χ0n) is 47.9. The maximum atomic E-state index is 15.0. The molecule has 0 radical (unpaired) electrons. The van der Waals surface area contributed by atoms with Crippen LogP contribution in [0.4, 0.5) is 13.2 Å². The van der Waals surface area contributed by atoms with Crippen LogP contribution >= 0.6 is 50.7 Å². The zero-order valence-corrected chi connectivity index (χ0v) is 51.8. The molecule has 17 heteroatoms. The first kappa shape index (κ1) is 67.1. The summed E-state index contributed by atoms with van der Waals surface area (Å²) in [5.74, 6) is 0.0564. The number of hydrogen-bond donors (Lipinski definition) is 0. The maximum absolute atomic E-state index is 15.0. The van der Waals surface area contributed by atoms with Gasteiger partial charge in [-0.15, -0.1) is 0 Å². The minimum atomic E-state index is -0.476. The van der Waals surface area contributed by atoms with Crippen LogP contribution in [-0.2, 0) is 29.4 Å². The Morgan fingerprint density at radius 3 is 1.47 bits per heavy atom.